The molecular weight excluding hydrogens is 316 g/mol. The van der Waals surface area contributed by atoms with Crippen molar-refractivity contribution in [3.63, 3.8) is 0 Å². The smallest absolute Gasteiger partial charge is 0.0817 e. The van der Waals surface area contributed by atoms with Crippen LogP contribution >= 0.6 is 0 Å². The number of aromatic amines is 1. The lowest BCUT2D eigenvalue weighted by Crippen LogP contribution is -2.48. The van der Waals surface area contributed by atoms with E-state index in [1.807, 2.05) is 6.20 Å². The van der Waals surface area contributed by atoms with Crippen molar-refractivity contribution in [2.24, 2.45) is 5.92 Å². The minimum absolute atomic E-state index is 0.460. The normalized spacial score (nSPS) is 25.1. The molecule has 1 unspecified atom stereocenters. The van der Waals surface area contributed by atoms with Crippen LogP contribution in [0, 0.1) is 5.92 Å². The van der Waals surface area contributed by atoms with Crippen LogP contribution in [-0.4, -0.2) is 66.7 Å². The summed E-state index contributed by atoms with van der Waals surface area (Å²) in [6, 6.07) is 8.76. The zero-order valence-electron chi connectivity index (χ0n) is 14.7. The highest BCUT2D eigenvalue weighted by molar-refractivity contribution is 5.79. The summed E-state index contributed by atoms with van der Waals surface area (Å²) in [5, 5.41) is 12.1. The highest BCUT2D eigenvalue weighted by atomic mass is 16.5. The fourth-order valence-electron chi connectivity index (χ4n) is 4.11. The third-order valence-corrected chi connectivity index (χ3v) is 5.51. The molecule has 5 nitrogen and oxygen atoms in total. The van der Waals surface area contributed by atoms with E-state index in [4.69, 9.17) is 9.47 Å². The lowest BCUT2D eigenvalue weighted by atomic mass is 9.92. The molecule has 1 aromatic carbocycles. The van der Waals surface area contributed by atoms with E-state index in [0.717, 1.165) is 52.1 Å². The molecule has 136 valence electrons. The van der Waals surface area contributed by atoms with Gasteiger partial charge in [0.1, 0.15) is 0 Å². The molecule has 2 saturated heterocycles. The fraction of sp³-hybridized carbons (Fsp3) is 0.600. The van der Waals surface area contributed by atoms with E-state index < -0.39 is 5.60 Å². The summed E-state index contributed by atoms with van der Waals surface area (Å²) in [6.07, 6.45) is 4.47. The molecule has 1 aromatic heterocycles. The standard InChI is InChI=1S/C20H28N2O3/c23-20(4-8-24-9-5-20)15-22-7-10-25-14-17(13-22)11-16-1-2-19-18(12-16)3-6-21-19/h1-3,6,12,17,21,23H,4-5,7-11,13-15H2. The Bertz CT molecular complexity index is 693. The molecule has 4 rings (SSSR count). The lowest BCUT2D eigenvalue weighted by Gasteiger charge is -2.37. The first-order valence-electron chi connectivity index (χ1n) is 9.36. The maximum absolute atomic E-state index is 10.8. The molecule has 25 heavy (non-hydrogen) atoms. The number of fused-ring (bicyclic) bond motifs is 1. The Morgan fingerprint density at radius 2 is 2.04 bits per heavy atom. The van der Waals surface area contributed by atoms with Crippen molar-refractivity contribution in [3.8, 4) is 0 Å². The molecule has 0 saturated carbocycles. The zero-order valence-corrected chi connectivity index (χ0v) is 14.7. The van der Waals surface area contributed by atoms with Crippen molar-refractivity contribution in [3.05, 3.63) is 36.0 Å². The van der Waals surface area contributed by atoms with Gasteiger partial charge in [-0.15, -0.1) is 0 Å². The number of aromatic nitrogens is 1. The second-order valence-electron chi connectivity index (χ2n) is 7.62. The number of β-amino-alcohol motifs (C(OH)–C–C–N with tert-alkyl or cyclic N) is 1. The van der Waals surface area contributed by atoms with Crippen molar-refractivity contribution < 1.29 is 14.6 Å². The number of hydrogen-bond acceptors (Lipinski definition) is 4. The molecule has 0 spiro atoms. The second-order valence-corrected chi connectivity index (χ2v) is 7.62. The number of H-pyrrole nitrogens is 1. The van der Waals surface area contributed by atoms with Crippen LogP contribution in [-0.2, 0) is 15.9 Å². The van der Waals surface area contributed by atoms with Gasteiger partial charge in [-0.1, -0.05) is 6.07 Å². The van der Waals surface area contributed by atoms with E-state index in [1.165, 1.54) is 16.5 Å². The maximum Gasteiger partial charge on any atom is 0.0817 e. The molecule has 3 heterocycles. The number of nitrogens with one attached hydrogen (secondary N) is 1. The topological polar surface area (TPSA) is 57.7 Å². The molecule has 0 radical (unpaired) electrons. The van der Waals surface area contributed by atoms with E-state index >= 15 is 0 Å². The molecule has 0 aliphatic carbocycles. The van der Waals surface area contributed by atoms with Crippen LogP contribution < -0.4 is 0 Å². The Balaban J connectivity index is 1.40. The predicted octanol–water partition coefficient (Wildman–Crippen LogP) is 2.20. The predicted molar refractivity (Wildman–Crippen MR) is 97.8 cm³/mol. The molecule has 5 heteroatoms. The van der Waals surface area contributed by atoms with Gasteiger partial charge in [-0.2, -0.15) is 0 Å². The first kappa shape index (κ1) is 17.0. The fourth-order valence-corrected chi connectivity index (χ4v) is 4.11. The summed E-state index contributed by atoms with van der Waals surface area (Å²) in [4.78, 5) is 5.63. The second kappa shape index (κ2) is 7.46. The molecule has 2 aromatic rings. The summed E-state index contributed by atoms with van der Waals surface area (Å²) in [5.41, 5.74) is 1.94. The molecule has 0 bridgehead atoms. The summed E-state index contributed by atoms with van der Waals surface area (Å²) < 4.78 is 11.3. The van der Waals surface area contributed by atoms with Crippen LogP contribution in [0.4, 0.5) is 0 Å². The Morgan fingerprint density at radius 3 is 2.92 bits per heavy atom. The Labute approximate surface area is 148 Å². The van der Waals surface area contributed by atoms with Crippen molar-refractivity contribution in [1.29, 1.82) is 0 Å². The van der Waals surface area contributed by atoms with Gasteiger partial charge in [0, 0.05) is 57.4 Å². The van der Waals surface area contributed by atoms with Gasteiger partial charge >= 0.3 is 0 Å². The van der Waals surface area contributed by atoms with Crippen molar-refractivity contribution in [2.45, 2.75) is 24.9 Å². The third-order valence-electron chi connectivity index (χ3n) is 5.51. The SMILES string of the molecule is OC1(CN2CCOCC(Cc3ccc4[nH]ccc4c3)C2)CCOCC1. The van der Waals surface area contributed by atoms with Gasteiger partial charge in [0.05, 0.1) is 18.8 Å². The number of benzene rings is 1. The molecule has 2 N–H and O–H groups in total. The minimum atomic E-state index is -0.600. The van der Waals surface area contributed by atoms with Crippen LogP contribution in [0.15, 0.2) is 30.5 Å². The zero-order chi connectivity index (χ0) is 17.1. The van der Waals surface area contributed by atoms with E-state index in [1.54, 1.807) is 0 Å². The van der Waals surface area contributed by atoms with Gasteiger partial charge < -0.3 is 19.6 Å². The Morgan fingerprint density at radius 1 is 1.16 bits per heavy atom. The molecule has 0 amide bonds. The van der Waals surface area contributed by atoms with E-state index in [-0.39, 0.29) is 0 Å². The maximum atomic E-state index is 10.8. The largest absolute Gasteiger partial charge is 0.388 e. The van der Waals surface area contributed by atoms with Crippen molar-refractivity contribution in [2.75, 3.05) is 46.1 Å². The van der Waals surface area contributed by atoms with Crippen LogP contribution in [0.3, 0.4) is 0 Å². The summed E-state index contributed by atoms with van der Waals surface area (Å²) in [7, 11) is 0. The summed E-state index contributed by atoms with van der Waals surface area (Å²) in [5.74, 6) is 0.460. The molecule has 2 aliphatic heterocycles. The van der Waals surface area contributed by atoms with Crippen LogP contribution in [0.5, 0.6) is 0 Å². The third kappa shape index (κ3) is 4.23. The van der Waals surface area contributed by atoms with Crippen LogP contribution in [0.1, 0.15) is 18.4 Å². The number of hydrogen-bond donors (Lipinski definition) is 2. The van der Waals surface area contributed by atoms with Crippen LogP contribution in [0.25, 0.3) is 10.9 Å². The summed E-state index contributed by atoms with van der Waals surface area (Å²) in [6.45, 7) is 5.49. The quantitative estimate of drug-likeness (QED) is 0.893. The Hall–Kier alpha value is -1.40. The lowest BCUT2D eigenvalue weighted by molar-refractivity contribution is -0.0804. The summed E-state index contributed by atoms with van der Waals surface area (Å²) >= 11 is 0. The van der Waals surface area contributed by atoms with Gasteiger partial charge in [0.15, 0.2) is 0 Å². The molecule has 1 atom stereocenters. The van der Waals surface area contributed by atoms with Gasteiger partial charge in [-0.3, -0.25) is 4.90 Å². The number of ether oxygens (including phenoxy) is 2. The van der Waals surface area contributed by atoms with Crippen molar-refractivity contribution in [1.82, 2.24) is 9.88 Å². The monoisotopic (exact) mass is 344 g/mol. The number of aliphatic hydroxyl groups is 1. The molecule has 2 aliphatic rings. The Kier molecular flexibility index (Phi) is 5.08. The molecular formula is C20H28N2O3. The highest BCUT2D eigenvalue weighted by Gasteiger charge is 2.33. The average molecular weight is 344 g/mol. The van der Waals surface area contributed by atoms with E-state index in [0.29, 0.717) is 19.1 Å². The van der Waals surface area contributed by atoms with Crippen molar-refractivity contribution >= 4 is 10.9 Å². The number of nitrogens with zero attached hydrogens (tertiary/aromatic N) is 1. The van der Waals surface area contributed by atoms with E-state index in [2.05, 4.69) is 34.1 Å². The first-order valence-corrected chi connectivity index (χ1v) is 9.36. The van der Waals surface area contributed by atoms with E-state index in [9.17, 15) is 5.11 Å². The minimum Gasteiger partial charge on any atom is -0.388 e. The van der Waals surface area contributed by atoms with Gasteiger partial charge in [-0.05, 0) is 41.5 Å². The van der Waals surface area contributed by atoms with Gasteiger partial charge in [0.2, 0.25) is 0 Å². The van der Waals surface area contributed by atoms with Crippen LogP contribution in [0.2, 0.25) is 0 Å². The highest BCUT2D eigenvalue weighted by Crippen LogP contribution is 2.24. The average Bonchev–Trinajstić information content (AvgIpc) is 2.96. The first-order chi connectivity index (χ1) is 12.2. The molecule has 2 fully saturated rings. The van der Waals surface area contributed by atoms with Gasteiger partial charge in [-0.25, -0.2) is 0 Å². The number of rotatable bonds is 4. The van der Waals surface area contributed by atoms with Gasteiger partial charge in [0.25, 0.3) is 0 Å².